The second kappa shape index (κ2) is 6.61. The fraction of sp³-hybridized carbons (Fsp3) is 0.143. The van der Waals surface area contributed by atoms with Crippen LogP contribution in [-0.2, 0) is 10.0 Å². The van der Waals surface area contributed by atoms with Crippen molar-refractivity contribution in [1.82, 2.24) is 20.3 Å². The molecule has 0 fully saturated rings. The lowest BCUT2D eigenvalue weighted by Crippen LogP contribution is -2.13. The molecule has 0 amide bonds. The number of sulfonamides is 1. The zero-order valence-electron chi connectivity index (χ0n) is 13.3. The van der Waals surface area contributed by atoms with Gasteiger partial charge in [-0.1, -0.05) is 5.16 Å². The largest absolute Gasteiger partial charge is 0.339 e. The Labute approximate surface area is 148 Å². The molecule has 0 spiro atoms. The van der Waals surface area contributed by atoms with Gasteiger partial charge >= 0.3 is 0 Å². The molecule has 3 N–H and O–H groups in total. The van der Waals surface area contributed by atoms with Gasteiger partial charge in [0.15, 0.2) is 5.82 Å². The van der Waals surface area contributed by atoms with Gasteiger partial charge in [-0.05, 0) is 50.3 Å². The van der Waals surface area contributed by atoms with Crippen molar-refractivity contribution in [2.24, 2.45) is 0 Å². The van der Waals surface area contributed by atoms with Crippen molar-refractivity contribution in [1.29, 1.82) is 0 Å². The van der Waals surface area contributed by atoms with Gasteiger partial charge in [-0.25, -0.2) is 13.1 Å². The molecule has 1 aromatic carbocycles. The van der Waals surface area contributed by atoms with Crippen LogP contribution in [0.25, 0.3) is 0 Å². The molecule has 3 aromatic rings. The van der Waals surface area contributed by atoms with E-state index >= 15 is 0 Å². The van der Waals surface area contributed by atoms with Gasteiger partial charge in [0.2, 0.25) is 10.7 Å². The number of H-pyrrole nitrogens is 1. The lowest BCUT2D eigenvalue weighted by atomic mass is 10.3. The smallest absolute Gasteiger partial charge is 0.264 e. The first-order valence-corrected chi connectivity index (χ1v) is 8.99. The van der Waals surface area contributed by atoms with E-state index in [-0.39, 0.29) is 15.6 Å². The summed E-state index contributed by atoms with van der Waals surface area (Å²) in [6.45, 7) is 3.46. The van der Waals surface area contributed by atoms with E-state index in [2.05, 4.69) is 30.4 Å². The minimum absolute atomic E-state index is 0.0861. The van der Waals surface area contributed by atoms with E-state index in [4.69, 9.17) is 16.7 Å². The highest BCUT2D eigenvalue weighted by Crippen LogP contribution is 2.23. The molecule has 2 heterocycles. The van der Waals surface area contributed by atoms with Crippen molar-refractivity contribution in [3.63, 3.8) is 0 Å². The monoisotopic (exact) mass is 378 g/mol. The van der Waals surface area contributed by atoms with E-state index in [9.17, 15) is 8.42 Å². The number of nitrogens with one attached hydrogen (secondary N) is 3. The molecule has 11 heteroatoms. The number of benzene rings is 1. The second-order valence-corrected chi connectivity index (χ2v) is 7.22. The quantitative estimate of drug-likeness (QED) is 0.579. The Balaban J connectivity index is 1.79. The van der Waals surface area contributed by atoms with Gasteiger partial charge in [-0.2, -0.15) is 10.1 Å². The molecular formula is C14H14N6O3S2. The average Bonchev–Trinajstić information content (AvgIpc) is 2.87. The fourth-order valence-electron chi connectivity index (χ4n) is 1.93. The molecule has 0 bridgehead atoms. The highest BCUT2D eigenvalue weighted by atomic mass is 32.2. The summed E-state index contributed by atoms with van der Waals surface area (Å²) >= 11 is 4.89. The van der Waals surface area contributed by atoms with Crippen LogP contribution in [-0.4, -0.2) is 28.8 Å². The number of hydrogen-bond acceptors (Lipinski definition) is 8. The summed E-state index contributed by atoms with van der Waals surface area (Å²) in [4.78, 5) is 4.13. The Morgan fingerprint density at radius 2 is 1.92 bits per heavy atom. The van der Waals surface area contributed by atoms with E-state index in [0.29, 0.717) is 22.8 Å². The maximum Gasteiger partial charge on any atom is 0.264 e. The van der Waals surface area contributed by atoms with Crippen LogP contribution in [0.2, 0.25) is 0 Å². The SMILES string of the molecule is Cc1noc(NS(=O)(=O)c2ccc(Nc3cn[nH]c(=S)n3)cc2)c1C. The van der Waals surface area contributed by atoms with Gasteiger partial charge in [-0.15, -0.1) is 0 Å². The lowest BCUT2D eigenvalue weighted by molar-refractivity contribution is 0.430. The molecule has 25 heavy (non-hydrogen) atoms. The molecule has 0 saturated carbocycles. The minimum Gasteiger partial charge on any atom is -0.339 e. The molecule has 0 unspecified atom stereocenters. The number of aryl methyl sites for hydroxylation is 1. The first kappa shape index (κ1) is 17.0. The maximum absolute atomic E-state index is 12.4. The second-order valence-electron chi connectivity index (χ2n) is 5.15. The van der Waals surface area contributed by atoms with Gasteiger partial charge in [0.1, 0.15) is 0 Å². The Kier molecular flexibility index (Phi) is 4.51. The van der Waals surface area contributed by atoms with Crippen LogP contribution < -0.4 is 10.0 Å². The summed E-state index contributed by atoms with van der Waals surface area (Å²) in [6, 6.07) is 6.13. The molecule has 0 atom stereocenters. The summed E-state index contributed by atoms with van der Waals surface area (Å²) in [7, 11) is -3.78. The molecular weight excluding hydrogens is 364 g/mol. The number of aromatic amines is 1. The van der Waals surface area contributed by atoms with Crippen LogP contribution >= 0.6 is 12.2 Å². The van der Waals surface area contributed by atoms with E-state index in [1.54, 1.807) is 26.0 Å². The number of nitrogens with zero attached hydrogens (tertiary/aromatic N) is 3. The van der Waals surface area contributed by atoms with Crippen molar-refractivity contribution in [2.75, 3.05) is 10.0 Å². The lowest BCUT2D eigenvalue weighted by Gasteiger charge is -2.08. The summed E-state index contributed by atoms with van der Waals surface area (Å²) in [6.07, 6.45) is 1.47. The van der Waals surface area contributed by atoms with E-state index in [1.165, 1.54) is 18.3 Å². The molecule has 0 aliphatic rings. The van der Waals surface area contributed by atoms with Crippen LogP contribution in [0.15, 0.2) is 39.9 Å². The predicted molar refractivity (Wildman–Crippen MR) is 93.7 cm³/mol. The van der Waals surface area contributed by atoms with E-state index < -0.39 is 10.0 Å². The van der Waals surface area contributed by atoms with E-state index in [0.717, 1.165) is 0 Å². The molecule has 2 aromatic heterocycles. The Morgan fingerprint density at radius 3 is 2.52 bits per heavy atom. The molecule has 3 rings (SSSR count). The summed E-state index contributed by atoms with van der Waals surface area (Å²) in [5.41, 5.74) is 1.90. The molecule has 9 nitrogen and oxygen atoms in total. The van der Waals surface area contributed by atoms with E-state index in [1.807, 2.05) is 0 Å². The van der Waals surface area contributed by atoms with Crippen molar-refractivity contribution in [3.05, 3.63) is 46.5 Å². The molecule has 0 radical (unpaired) electrons. The van der Waals surface area contributed by atoms with Gasteiger partial charge in [-0.3, -0.25) is 5.10 Å². The standard InChI is InChI=1S/C14H14N6O3S2/c1-8-9(2)19-23-13(8)20-25(21,22)11-5-3-10(4-6-11)16-12-7-15-18-14(24)17-12/h3-7,20H,1-2H3,(H2,16,17,18,24). The van der Waals surface area contributed by atoms with Gasteiger partial charge in [0.05, 0.1) is 16.8 Å². The first-order valence-electron chi connectivity index (χ1n) is 7.10. The van der Waals surface area contributed by atoms with Gasteiger partial charge < -0.3 is 9.84 Å². The topological polar surface area (TPSA) is 126 Å². The summed E-state index contributed by atoms with van der Waals surface area (Å²) in [5, 5.41) is 13.1. The predicted octanol–water partition coefficient (Wildman–Crippen LogP) is 2.68. The number of rotatable bonds is 5. The van der Waals surface area contributed by atoms with Gasteiger partial charge in [0.25, 0.3) is 10.0 Å². The number of hydrogen-bond donors (Lipinski definition) is 3. The zero-order valence-corrected chi connectivity index (χ0v) is 14.9. The third kappa shape index (κ3) is 3.83. The van der Waals surface area contributed by atoms with Gasteiger partial charge in [0, 0.05) is 11.3 Å². The van der Waals surface area contributed by atoms with Crippen molar-refractivity contribution in [2.45, 2.75) is 18.7 Å². The van der Waals surface area contributed by atoms with Crippen molar-refractivity contribution in [3.8, 4) is 0 Å². The highest BCUT2D eigenvalue weighted by Gasteiger charge is 2.19. The number of anilines is 3. The maximum atomic E-state index is 12.4. The Morgan fingerprint density at radius 1 is 1.20 bits per heavy atom. The first-order chi connectivity index (χ1) is 11.8. The van der Waals surface area contributed by atoms with Crippen LogP contribution in [0.3, 0.4) is 0 Å². The van der Waals surface area contributed by atoms with Crippen LogP contribution in [0.1, 0.15) is 11.3 Å². The Bertz CT molecular complexity index is 1060. The summed E-state index contributed by atoms with van der Waals surface area (Å²) < 4.78 is 32.4. The normalized spacial score (nSPS) is 11.3. The molecule has 0 saturated heterocycles. The summed E-state index contributed by atoms with van der Waals surface area (Å²) in [5.74, 6) is 0.554. The van der Waals surface area contributed by atoms with Crippen molar-refractivity contribution < 1.29 is 12.9 Å². The Hall–Kier alpha value is -2.79. The fourth-order valence-corrected chi connectivity index (χ4v) is 3.13. The minimum atomic E-state index is -3.78. The molecule has 0 aliphatic heterocycles. The third-order valence-electron chi connectivity index (χ3n) is 3.39. The zero-order chi connectivity index (χ0) is 18.0. The van der Waals surface area contributed by atoms with Crippen LogP contribution in [0.5, 0.6) is 0 Å². The molecule has 130 valence electrons. The molecule has 0 aliphatic carbocycles. The third-order valence-corrected chi connectivity index (χ3v) is 4.92. The average molecular weight is 378 g/mol. The van der Waals surface area contributed by atoms with Crippen LogP contribution in [0.4, 0.5) is 17.4 Å². The number of aromatic nitrogens is 4. The van der Waals surface area contributed by atoms with Crippen LogP contribution in [0, 0.1) is 18.6 Å². The highest BCUT2D eigenvalue weighted by molar-refractivity contribution is 7.92. The van der Waals surface area contributed by atoms with Crippen molar-refractivity contribution >= 4 is 39.6 Å².